The third kappa shape index (κ3) is 2.58. The van der Waals surface area contributed by atoms with Gasteiger partial charge in [-0.05, 0) is 33.6 Å². The summed E-state index contributed by atoms with van der Waals surface area (Å²) in [6.07, 6.45) is 0.732. The normalized spacial score (nSPS) is 25.7. The van der Waals surface area contributed by atoms with Gasteiger partial charge in [0.2, 0.25) is 5.54 Å². The number of hydrogen-bond acceptors (Lipinski definition) is 6. The lowest BCUT2D eigenvalue weighted by Crippen LogP contribution is -2.57. The molecule has 1 rings (SSSR count). The van der Waals surface area contributed by atoms with E-state index in [1.54, 1.807) is 20.8 Å². The van der Waals surface area contributed by atoms with Gasteiger partial charge < -0.3 is 14.7 Å². The molecule has 1 heterocycles. The molecule has 0 spiro atoms. The van der Waals surface area contributed by atoms with Crippen LogP contribution in [-0.2, 0) is 19.1 Å². The topological polar surface area (TPSA) is 76.1 Å². The quantitative estimate of drug-likeness (QED) is 0.571. The van der Waals surface area contributed by atoms with E-state index in [4.69, 9.17) is 4.74 Å². The van der Waals surface area contributed by atoms with E-state index in [1.807, 2.05) is 0 Å². The number of nitrogens with zero attached hydrogens (tertiary/aromatic N) is 1. The van der Waals surface area contributed by atoms with Gasteiger partial charge in [-0.1, -0.05) is 0 Å². The monoisotopic (exact) mass is 245 g/mol. The summed E-state index contributed by atoms with van der Waals surface area (Å²) in [4.78, 5) is 23.8. The largest absolute Gasteiger partial charge is 0.467 e. The second-order valence-corrected chi connectivity index (χ2v) is 5.08. The molecule has 0 saturated carbocycles. The molecule has 6 heteroatoms. The van der Waals surface area contributed by atoms with E-state index in [0.717, 1.165) is 0 Å². The molecule has 0 aromatic carbocycles. The number of methoxy groups -OCH3 is 1. The van der Waals surface area contributed by atoms with Crippen LogP contribution < -0.4 is 0 Å². The Morgan fingerprint density at radius 1 is 1.29 bits per heavy atom. The van der Waals surface area contributed by atoms with Crippen molar-refractivity contribution in [3.63, 3.8) is 0 Å². The SMILES string of the molecule is COC(=O)[C@]1(C(=O)OC(C)(C)C)CCCN1O. The minimum absolute atomic E-state index is 0.199. The van der Waals surface area contributed by atoms with Gasteiger partial charge in [-0.3, -0.25) is 0 Å². The van der Waals surface area contributed by atoms with E-state index >= 15 is 0 Å². The molecule has 0 aliphatic carbocycles. The second kappa shape index (κ2) is 4.62. The van der Waals surface area contributed by atoms with Crippen LogP contribution in [0.15, 0.2) is 0 Å². The van der Waals surface area contributed by atoms with Crippen molar-refractivity contribution in [2.45, 2.75) is 44.8 Å². The Morgan fingerprint density at radius 2 is 1.88 bits per heavy atom. The van der Waals surface area contributed by atoms with Gasteiger partial charge in [-0.15, -0.1) is 0 Å². The predicted molar refractivity (Wildman–Crippen MR) is 58.3 cm³/mol. The van der Waals surface area contributed by atoms with Crippen LogP contribution in [0.2, 0.25) is 0 Å². The van der Waals surface area contributed by atoms with Crippen molar-refractivity contribution in [1.82, 2.24) is 5.06 Å². The fourth-order valence-corrected chi connectivity index (χ4v) is 1.83. The first kappa shape index (κ1) is 13.9. The Balaban J connectivity index is 3.00. The van der Waals surface area contributed by atoms with E-state index in [9.17, 15) is 14.8 Å². The van der Waals surface area contributed by atoms with Crippen molar-refractivity contribution in [2.75, 3.05) is 13.7 Å². The molecule has 0 aromatic heterocycles. The van der Waals surface area contributed by atoms with Crippen molar-refractivity contribution < 1.29 is 24.3 Å². The van der Waals surface area contributed by atoms with Gasteiger partial charge >= 0.3 is 11.9 Å². The van der Waals surface area contributed by atoms with E-state index < -0.39 is 23.1 Å². The molecule has 98 valence electrons. The van der Waals surface area contributed by atoms with Crippen LogP contribution >= 0.6 is 0 Å². The van der Waals surface area contributed by atoms with Crippen molar-refractivity contribution in [1.29, 1.82) is 0 Å². The summed E-state index contributed by atoms with van der Waals surface area (Å²) < 4.78 is 9.78. The molecule has 0 unspecified atom stereocenters. The molecule has 17 heavy (non-hydrogen) atoms. The van der Waals surface area contributed by atoms with E-state index in [2.05, 4.69) is 4.74 Å². The van der Waals surface area contributed by atoms with Crippen LogP contribution in [0.1, 0.15) is 33.6 Å². The minimum Gasteiger partial charge on any atom is -0.467 e. The third-order valence-corrected chi connectivity index (χ3v) is 2.61. The first-order valence-electron chi connectivity index (χ1n) is 5.52. The highest BCUT2D eigenvalue weighted by Crippen LogP contribution is 2.31. The summed E-state index contributed by atoms with van der Waals surface area (Å²) in [5.74, 6) is -1.55. The highest BCUT2D eigenvalue weighted by Gasteiger charge is 2.57. The summed E-state index contributed by atoms with van der Waals surface area (Å²) in [5.41, 5.74) is -2.43. The predicted octanol–water partition coefficient (Wildman–Crippen LogP) is 0.725. The van der Waals surface area contributed by atoms with Crippen LogP contribution in [-0.4, -0.2) is 47.0 Å². The Kier molecular flexibility index (Phi) is 3.78. The maximum Gasteiger partial charge on any atom is 0.341 e. The number of carbonyl (C=O) groups excluding carboxylic acids is 2. The molecule has 1 aliphatic heterocycles. The smallest absolute Gasteiger partial charge is 0.341 e. The highest BCUT2D eigenvalue weighted by molar-refractivity contribution is 6.05. The molecular formula is C11H19NO5. The number of ether oxygens (including phenoxy) is 2. The first-order chi connectivity index (χ1) is 7.74. The van der Waals surface area contributed by atoms with Crippen molar-refractivity contribution in [3.8, 4) is 0 Å². The van der Waals surface area contributed by atoms with Gasteiger partial charge in [0, 0.05) is 6.54 Å². The third-order valence-electron chi connectivity index (χ3n) is 2.61. The molecule has 6 nitrogen and oxygen atoms in total. The number of rotatable bonds is 2. The van der Waals surface area contributed by atoms with Crippen molar-refractivity contribution >= 4 is 11.9 Å². The van der Waals surface area contributed by atoms with Crippen molar-refractivity contribution in [2.24, 2.45) is 0 Å². The Bertz CT molecular complexity index is 322. The molecule has 0 bridgehead atoms. The lowest BCUT2D eigenvalue weighted by molar-refractivity contribution is -0.208. The zero-order valence-electron chi connectivity index (χ0n) is 10.6. The van der Waals surface area contributed by atoms with Crippen LogP contribution in [0.3, 0.4) is 0 Å². The maximum atomic E-state index is 12.1. The van der Waals surface area contributed by atoms with Crippen molar-refractivity contribution in [3.05, 3.63) is 0 Å². The molecule has 1 aliphatic rings. The number of hydrogen-bond donors (Lipinski definition) is 1. The summed E-state index contributed by atoms with van der Waals surface area (Å²) in [6.45, 7) is 5.35. The van der Waals surface area contributed by atoms with Crippen LogP contribution in [0, 0.1) is 0 Å². The minimum atomic E-state index is -1.71. The zero-order valence-corrected chi connectivity index (χ0v) is 10.6. The maximum absolute atomic E-state index is 12.1. The Morgan fingerprint density at radius 3 is 2.24 bits per heavy atom. The molecule has 0 aromatic rings. The Hall–Kier alpha value is -1.14. The fraction of sp³-hybridized carbons (Fsp3) is 0.818. The number of hydroxylamine groups is 2. The molecule has 1 atom stereocenters. The van der Waals surface area contributed by atoms with Crippen LogP contribution in [0.4, 0.5) is 0 Å². The van der Waals surface area contributed by atoms with E-state index in [1.165, 1.54) is 7.11 Å². The van der Waals surface area contributed by atoms with Gasteiger partial charge in [-0.2, -0.15) is 5.06 Å². The molecule has 0 radical (unpaired) electrons. The fourth-order valence-electron chi connectivity index (χ4n) is 1.83. The van der Waals surface area contributed by atoms with Gasteiger partial charge in [0.25, 0.3) is 0 Å². The number of carbonyl (C=O) groups is 2. The average Bonchev–Trinajstić information content (AvgIpc) is 2.57. The standard InChI is InChI=1S/C11H19NO5/c1-10(2,3)17-9(14)11(8(13)16-4)6-5-7-12(11)15/h15H,5-7H2,1-4H3/t11-/m0/s1. The highest BCUT2D eigenvalue weighted by atomic mass is 16.6. The summed E-state index contributed by atoms with van der Waals surface area (Å²) in [5, 5.41) is 10.5. The van der Waals surface area contributed by atoms with Gasteiger partial charge in [0.05, 0.1) is 7.11 Å². The van der Waals surface area contributed by atoms with E-state index in [-0.39, 0.29) is 13.0 Å². The summed E-state index contributed by atoms with van der Waals surface area (Å²) in [6, 6.07) is 0. The Labute approximate surface area is 100 Å². The lowest BCUT2D eigenvalue weighted by atomic mass is 9.97. The molecule has 1 saturated heterocycles. The molecule has 1 fully saturated rings. The zero-order chi connectivity index (χ0) is 13.3. The van der Waals surface area contributed by atoms with Gasteiger partial charge in [-0.25, -0.2) is 9.59 Å². The lowest BCUT2D eigenvalue weighted by Gasteiger charge is -2.32. The molecular weight excluding hydrogens is 226 g/mol. The average molecular weight is 245 g/mol. The van der Waals surface area contributed by atoms with Crippen LogP contribution in [0.25, 0.3) is 0 Å². The second-order valence-electron chi connectivity index (χ2n) is 5.08. The first-order valence-corrected chi connectivity index (χ1v) is 5.52. The van der Waals surface area contributed by atoms with E-state index in [0.29, 0.717) is 11.5 Å². The van der Waals surface area contributed by atoms with Gasteiger partial charge in [0.1, 0.15) is 5.60 Å². The molecule has 1 N–H and O–H groups in total. The summed E-state index contributed by atoms with van der Waals surface area (Å²) >= 11 is 0. The summed E-state index contributed by atoms with van der Waals surface area (Å²) in [7, 11) is 1.18. The number of esters is 2. The molecule has 0 amide bonds. The van der Waals surface area contributed by atoms with Gasteiger partial charge in [0.15, 0.2) is 0 Å². The van der Waals surface area contributed by atoms with Crippen LogP contribution in [0.5, 0.6) is 0 Å².